The number of carbonyl (C=O) groups excluding carboxylic acids is 1. The molecule has 1 aromatic carbocycles. The van der Waals surface area contributed by atoms with Crippen LogP contribution in [-0.2, 0) is 17.8 Å². The van der Waals surface area contributed by atoms with Gasteiger partial charge in [0.15, 0.2) is 0 Å². The van der Waals surface area contributed by atoms with Gasteiger partial charge < -0.3 is 11.1 Å². The van der Waals surface area contributed by atoms with Crippen LogP contribution < -0.4 is 11.1 Å². The Labute approximate surface area is 102 Å². The molecule has 0 atom stereocenters. The smallest absolute Gasteiger partial charge is 0.224 e. The van der Waals surface area contributed by atoms with Crippen molar-refractivity contribution in [1.82, 2.24) is 5.32 Å². The summed E-state index contributed by atoms with van der Waals surface area (Å²) in [5, 5.41) is 3.00. The van der Waals surface area contributed by atoms with Crippen LogP contribution in [0.25, 0.3) is 0 Å². The van der Waals surface area contributed by atoms with E-state index in [1.165, 1.54) is 19.3 Å². The van der Waals surface area contributed by atoms with Gasteiger partial charge in [0.1, 0.15) is 0 Å². The van der Waals surface area contributed by atoms with Crippen LogP contribution in [0.1, 0.15) is 30.4 Å². The predicted octanol–water partition coefficient (Wildman–Crippen LogP) is 1.60. The molecule has 1 saturated carbocycles. The Kier molecular flexibility index (Phi) is 4.15. The van der Waals surface area contributed by atoms with Gasteiger partial charge in [-0.1, -0.05) is 30.7 Å². The van der Waals surface area contributed by atoms with Crippen molar-refractivity contribution in [3.8, 4) is 0 Å². The number of hydrogen-bond donors (Lipinski definition) is 2. The van der Waals surface area contributed by atoms with E-state index in [-0.39, 0.29) is 5.91 Å². The second-order valence-corrected chi connectivity index (χ2v) is 4.80. The van der Waals surface area contributed by atoms with E-state index in [0.29, 0.717) is 13.0 Å². The summed E-state index contributed by atoms with van der Waals surface area (Å²) in [7, 11) is 0. The number of rotatable bonds is 5. The van der Waals surface area contributed by atoms with E-state index in [9.17, 15) is 4.79 Å². The molecule has 1 fully saturated rings. The highest BCUT2D eigenvalue weighted by molar-refractivity contribution is 5.78. The first-order valence-electron chi connectivity index (χ1n) is 6.32. The Bertz CT molecular complexity index is 368. The van der Waals surface area contributed by atoms with Crippen LogP contribution in [0, 0.1) is 5.92 Å². The zero-order valence-electron chi connectivity index (χ0n) is 10.1. The van der Waals surface area contributed by atoms with Crippen LogP contribution in [-0.4, -0.2) is 12.5 Å². The first-order valence-corrected chi connectivity index (χ1v) is 6.32. The average molecular weight is 232 g/mol. The van der Waals surface area contributed by atoms with Crippen LogP contribution in [0.5, 0.6) is 0 Å². The molecule has 3 heteroatoms. The largest absolute Gasteiger partial charge is 0.356 e. The highest BCUT2D eigenvalue weighted by Crippen LogP contribution is 2.25. The van der Waals surface area contributed by atoms with E-state index in [1.807, 2.05) is 24.3 Å². The Hall–Kier alpha value is -1.35. The Morgan fingerprint density at radius 1 is 1.24 bits per heavy atom. The highest BCUT2D eigenvalue weighted by atomic mass is 16.1. The Morgan fingerprint density at radius 2 is 1.88 bits per heavy atom. The molecule has 0 aromatic heterocycles. The van der Waals surface area contributed by atoms with E-state index in [0.717, 1.165) is 23.6 Å². The molecule has 1 amide bonds. The van der Waals surface area contributed by atoms with Gasteiger partial charge in [0.05, 0.1) is 6.42 Å². The molecule has 92 valence electrons. The van der Waals surface area contributed by atoms with Gasteiger partial charge in [-0.15, -0.1) is 0 Å². The van der Waals surface area contributed by atoms with E-state index >= 15 is 0 Å². The molecule has 0 spiro atoms. The fourth-order valence-electron chi connectivity index (χ4n) is 2.00. The molecular formula is C14H20N2O. The summed E-state index contributed by atoms with van der Waals surface area (Å²) in [4.78, 5) is 11.7. The normalized spacial score (nSPS) is 15.4. The number of hydrogen-bond acceptors (Lipinski definition) is 2. The zero-order valence-corrected chi connectivity index (χ0v) is 10.1. The van der Waals surface area contributed by atoms with Gasteiger partial charge in [-0.3, -0.25) is 4.79 Å². The summed E-state index contributed by atoms with van der Waals surface area (Å²) in [5.74, 6) is 0.843. The molecule has 17 heavy (non-hydrogen) atoms. The molecule has 0 radical (unpaired) electrons. The van der Waals surface area contributed by atoms with Crippen molar-refractivity contribution in [1.29, 1.82) is 0 Å². The fraction of sp³-hybridized carbons (Fsp3) is 0.500. The third-order valence-corrected chi connectivity index (χ3v) is 3.44. The van der Waals surface area contributed by atoms with Gasteiger partial charge in [0.2, 0.25) is 5.91 Å². The fourth-order valence-corrected chi connectivity index (χ4v) is 2.00. The minimum Gasteiger partial charge on any atom is -0.356 e. The van der Waals surface area contributed by atoms with Gasteiger partial charge >= 0.3 is 0 Å². The monoisotopic (exact) mass is 232 g/mol. The molecule has 0 bridgehead atoms. The third kappa shape index (κ3) is 3.56. The summed E-state index contributed by atoms with van der Waals surface area (Å²) < 4.78 is 0. The lowest BCUT2D eigenvalue weighted by Crippen LogP contribution is -2.33. The van der Waals surface area contributed by atoms with Gasteiger partial charge in [-0.25, -0.2) is 0 Å². The zero-order chi connectivity index (χ0) is 12.1. The maximum atomic E-state index is 11.7. The molecule has 0 heterocycles. The van der Waals surface area contributed by atoms with Gasteiger partial charge in [0.25, 0.3) is 0 Å². The van der Waals surface area contributed by atoms with E-state index in [4.69, 9.17) is 5.73 Å². The SMILES string of the molecule is NCc1ccc(CC(=O)NCC2CCC2)cc1. The quantitative estimate of drug-likeness (QED) is 0.810. The number of carbonyl (C=O) groups is 1. The molecule has 2 rings (SSSR count). The standard InChI is InChI=1S/C14H20N2O/c15-9-12-6-4-11(5-7-12)8-14(17)16-10-13-2-1-3-13/h4-7,13H,1-3,8-10,15H2,(H,16,17). The predicted molar refractivity (Wildman–Crippen MR) is 68.4 cm³/mol. The number of nitrogens with one attached hydrogen (secondary N) is 1. The number of benzene rings is 1. The number of nitrogens with two attached hydrogens (primary N) is 1. The van der Waals surface area contributed by atoms with Gasteiger partial charge in [-0.2, -0.15) is 0 Å². The van der Waals surface area contributed by atoms with E-state index in [1.54, 1.807) is 0 Å². The Balaban J connectivity index is 1.76. The van der Waals surface area contributed by atoms with Crippen LogP contribution in [0.15, 0.2) is 24.3 Å². The topological polar surface area (TPSA) is 55.1 Å². The van der Waals surface area contributed by atoms with Crippen molar-refractivity contribution in [3.63, 3.8) is 0 Å². The van der Waals surface area contributed by atoms with Crippen LogP contribution >= 0.6 is 0 Å². The highest BCUT2D eigenvalue weighted by Gasteiger charge is 2.17. The summed E-state index contributed by atoms with van der Waals surface area (Å²) in [6, 6.07) is 7.92. The summed E-state index contributed by atoms with van der Waals surface area (Å²) in [6.07, 6.45) is 4.33. The number of amides is 1. The summed E-state index contributed by atoms with van der Waals surface area (Å²) in [6.45, 7) is 1.40. The first-order chi connectivity index (χ1) is 8.28. The minimum atomic E-state index is 0.123. The molecule has 0 aliphatic heterocycles. The van der Waals surface area contributed by atoms with Crippen LogP contribution in [0.3, 0.4) is 0 Å². The van der Waals surface area contributed by atoms with Crippen LogP contribution in [0.2, 0.25) is 0 Å². The molecule has 1 aliphatic rings. The summed E-state index contributed by atoms with van der Waals surface area (Å²) in [5.41, 5.74) is 7.67. The van der Waals surface area contributed by atoms with Crippen molar-refractivity contribution in [2.75, 3.05) is 6.54 Å². The molecule has 3 N–H and O–H groups in total. The van der Waals surface area contributed by atoms with Crippen LogP contribution in [0.4, 0.5) is 0 Å². The van der Waals surface area contributed by atoms with E-state index < -0.39 is 0 Å². The maximum absolute atomic E-state index is 11.7. The molecule has 0 saturated heterocycles. The van der Waals surface area contributed by atoms with Crippen molar-refractivity contribution < 1.29 is 4.79 Å². The Morgan fingerprint density at radius 3 is 2.41 bits per heavy atom. The lowest BCUT2D eigenvalue weighted by atomic mass is 9.85. The second kappa shape index (κ2) is 5.82. The molecule has 1 aliphatic carbocycles. The molecular weight excluding hydrogens is 212 g/mol. The first kappa shape index (κ1) is 12.1. The van der Waals surface area contributed by atoms with Crippen molar-refractivity contribution in [2.24, 2.45) is 11.7 Å². The second-order valence-electron chi connectivity index (χ2n) is 4.80. The van der Waals surface area contributed by atoms with Crippen molar-refractivity contribution in [3.05, 3.63) is 35.4 Å². The minimum absolute atomic E-state index is 0.123. The molecule has 3 nitrogen and oxygen atoms in total. The molecule has 1 aromatic rings. The van der Waals surface area contributed by atoms with E-state index in [2.05, 4.69) is 5.32 Å². The molecule has 0 unspecified atom stereocenters. The lowest BCUT2D eigenvalue weighted by molar-refractivity contribution is -0.120. The lowest BCUT2D eigenvalue weighted by Gasteiger charge is -2.25. The maximum Gasteiger partial charge on any atom is 0.224 e. The summed E-state index contributed by atoms with van der Waals surface area (Å²) >= 11 is 0. The van der Waals surface area contributed by atoms with Crippen molar-refractivity contribution in [2.45, 2.75) is 32.2 Å². The van der Waals surface area contributed by atoms with Gasteiger partial charge in [0, 0.05) is 13.1 Å². The van der Waals surface area contributed by atoms with Gasteiger partial charge in [-0.05, 0) is 29.9 Å². The average Bonchev–Trinajstić information content (AvgIpc) is 2.28. The van der Waals surface area contributed by atoms with Crippen molar-refractivity contribution >= 4 is 5.91 Å². The third-order valence-electron chi connectivity index (χ3n) is 3.44.